The highest BCUT2D eigenvalue weighted by molar-refractivity contribution is 6.32. The normalized spacial score (nSPS) is 10.3. The van der Waals surface area contributed by atoms with E-state index in [4.69, 9.17) is 16.9 Å². The van der Waals surface area contributed by atoms with Gasteiger partial charge in [-0.15, -0.1) is 0 Å². The molecule has 0 unspecified atom stereocenters. The Kier molecular flexibility index (Phi) is 3.77. The van der Waals surface area contributed by atoms with Gasteiger partial charge in [-0.25, -0.2) is 0 Å². The van der Waals surface area contributed by atoms with Crippen LogP contribution in [0.25, 0.3) is 0 Å². The maximum absolute atomic E-state index is 8.83. The van der Waals surface area contributed by atoms with Gasteiger partial charge < -0.3 is 5.32 Å². The minimum Gasteiger partial charge on any atom is -0.381 e. The van der Waals surface area contributed by atoms with Crippen LogP contribution in [-0.2, 0) is 13.6 Å². The smallest absolute Gasteiger partial charge is 0.101 e. The molecule has 5 heteroatoms. The predicted molar refractivity (Wildman–Crippen MR) is 76.2 cm³/mol. The molecule has 2 aromatic rings. The van der Waals surface area contributed by atoms with Crippen LogP contribution < -0.4 is 5.32 Å². The van der Waals surface area contributed by atoms with Crippen molar-refractivity contribution in [1.29, 1.82) is 5.26 Å². The summed E-state index contributed by atoms with van der Waals surface area (Å²) in [7, 11) is 1.93. The molecule has 19 heavy (non-hydrogen) atoms. The molecule has 1 heterocycles. The van der Waals surface area contributed by atoms with Crippen molar-refractivity contribution in [1.82, 2.24) is 9.78 Å². The summed E-state index contributed by atoms with van der Waals surface area (Å²) in [5.41, 5.74) is 4.73. The summed E-state index contributed by atoms with van der Waals surface area (Å²) >= 11 is 6.00. The van der Waals surface area contributed by atoms with Crippen molar-refractivity contribution >= 4 is 17.3 Å². The van der Waals surface area contributed by atoms with Crippen molar-refractivity contribution in [2.75, 3.05) is 5.32 Å². The van der Waals surface area contributed by atoms with E-state index in [1.54, 1.807) is 12.1 Å². The molecule has 1 N–H and O–H groups in total. The van der Waals surface area contributed by atoms with Gasteiger partial charge in [0.15, 0.2) is 0 Å². The second-order valence-electron chi connectivity index (χ2n) is 4.43. The number of nitriles is 1. The molecule has 98 valence electrons. The number of aryl methyl sites for hydroxylation is 2. The lowest BCUT2D eigenvalue weighted by Gasteiger charge is -2.08. The number of rotatable bonds is 3. The van der Waals surface area contributed by atoms with E-state index in [2.05, 4.69) is 10.4 Å². The van der Waals surface area contributed by atoms with Crippen molar-refractivity contribution < 1.29 is 0 Å². The quantitative estimate of drug-likeness (QED) is 0.935. The van der Waals surface area contributed by atoms with Crippen molar-refractivity contribution in [3.8, 4) is 6.07 Å². The Balaban J connectivity index is 2.15. The molecule has 0 spiro atoms. The summed E-state index contributed by atoms with van der Waals surface area (Å²) in [6, 6.07) is 7.38. The van der Waals surface area contributed by atoms with Crippen LogP contribution in [0, 0.1) is 25.2 Å². The Morgan fingerprint density at radius 1 is 1.42 bits per heavy atom. The Labute approximate surface area is 117 Å². The second-order valence-corrected chi connectivity index (χ2v) is 4.84. The fraction of sp³-hybridized carbons (Fsp3) is 0.286. The van der Waals surface area contributed by atoms with Crippen LogP contribution in [0.2, 0.25) is 5.02 Å². The van der Waals surface area contributed by atoms with Crippen LogP contribution in [0.5, 0.6) is 0 Å². The molecule has 0 radical (unpaired) electrons. The van der Waals surface area contributed by atoms with Crippen molar-refractivity contribution in [2.24, 2.45) is 7.05 Å². The Bertz CT molecular complexity index is 652. The van der Waals surface area contributed by atoms with Crippen molar-refractivity contribution in [3.63, 3.8) is 0 Å². The van der Waals surface area contributed by atoms with Crippen LogP contribution in [-0.4, -0.2) is 9.78 Å². The SMILES string of the molecule is Cc1nn(C)c(C)c1CNc1ccc(C#N)c(Cl)c1. The summed E-state index contributed by atoms with van der Waals surface area (Å²) in [4.78, 5) is 0. The molecule has 4 nitrogen and oxygen atoms in total. The molecule has 0 saturated heterocycles. The maximum Gasteiger partial charge on any atom is 0.101 e. The van der Waals surface area contributed by atoms with E-state index in [0.29, 0.717) is 17.1 Å². The fourth-order valence-electron chi connectivity index (χ4n) is 1.98. The average Bonchev–Trinajstić information content (AvgIpc) is 2.61. The Hall–Kier alpha value is -1.99. The number of hydrogen-bond acceptors (Lipinski definition) is 3. The third kappa shape index (κ3) is 2.72. The number of aromatic nitrogens is 2. The van der Waals surface area contributed by atoms with E-state index in [0.717, 1.165) is 17.1 Å². The number of anilines is 1. The zero-order valence-corrected chi connectivity index (χ0v) is 11.9. The molecule has 0 bridgehead atoms. The van der Waals surface area contributed by atoms with E-state index in [1.807, 2.05) is 37.7 Å². The third-order valence-corrected chi connectivity index (χ3v) is 3.53. The molecule has 0 atom stereocenters. The van der Waals surface area contributed by atoms with Crippen molar-refractivity contribution in [3.05, 3.63) is 45.7 Å². The number of nitrogens with one attached hydrogen (secondary N) is 1. The molecule has 0 fully saturated rings. The second kappa shape index (κ2) is 5.33. The lowest BCUT2D eigenvalue weighted by molar-refractivity contribution is 0.730. The van der Waals surface area contributed by atoms with Gasteiger partial charge in [-0.1, -0.05) is 11.6 Å². The van der Waals surface area contributed by atoms with Gasteiger partial charge in [0.05, 0.1) is 16.3 Å². The first-order chi connectivity index (χ1) is 9.02. The molecule has 0 amide bonds. The van der Waals surface area contributed by atoms with Gasteiger partial charge in [0.25, 0.3) is 0 Å². The highest BCUT2D eigenvalue weighted by atomic mass is 35.5. The molecular formula is C14H15ClN4. The molecule has 0 aliphatic carbocycles. The highest BCUT2D eigenvalue weighted by Gasteiger charge is 2.09. The first-order valence-electron chi connectivity index (χ1n) is 5.95. The molecule has 0 aliphatic rings. The first-order valence-corrected chi connectivity index (χ1v) is 6.33. The molecule has 2 rings (SSSR count). The van der Waals surface area contributed by atoms with E-state index >= 15 is 0 Å². The van der Waals surface area contributed by atoms with E-state index in [9.17, 15) is 0 Å². The number of hydrogen-bond donors (Lipinski definition) is 1. The summed E-state index contributed by atoms with van der Waals surface area (Å²) in [6.45, 7) is 4.73. The zero-order valence-electron chi connectivity index (χ0n) is 11.2. The average molecular weight is 275 g/mol. The van der Waals surface area contributed by atoms with E-state index < -0.39 is 0 Å². The number of halogens is 1. The van der Waals surface area contributed by atoms with Crippen LogP contribution in [0.4, 0.5) is 5.69 Å². The van der Waals surface area contributed by atoms with Crippen LogP contribution in [0.1, 0.15) is 22.5 Å². The van der Waals surface area contributed by atoms with Gasteiger partial charge in [0.1, 0.15) is 6.07 Å². The van der Waals surface area contributed by atoms with Gasteiger partial charge >= 0.3 is 0 Å². The summed E-state index contributed by atoms with van der Waals surface area (Å²) < 4.78 is 1.87. The van der Waals surface area contributed by atoms with Crippen LogP contribution in [0.3, 0.4) is 0 Å². The highest BCUT2D eigenvalue weighted by Crippen LogP contribution is 2.21. The van der Waals surface area contributed by atoms with Gasteiger partial charge in [0.2, 0.25) is 0 Å². The Morgan fingerprint density at radius 2 is 2.16 bits per heavy atom. The van der Waals surface area contributed by atoms with Crippen LogP contribution in [0.15, 0.2) is 18.2 Å². The minimum absolute atomic E-state index is 0.465. The first kappa shape index (κ1) is 13.4. The van der Waals surface area contributed by atoms with E-state index in [1.165, 1.54) is 5.56 Å². The van der Waals surface area contributed by atoms with Gasteiger partial charge in [0, 0.05) is 30.5 Å². The molecule has 0 aliphatic heterocycles. The lowest BCUT2D eigenvalue weighted by Crippen LogP contribution is -2.02. The van der Waals surface area contributed by atoms with Crippen molar-refractivity contribution in [2.45, 2.75) is 20.4 Å². The van der Waals surface area contributed by atoms with Crippen LogP contribution >= 0.6 is 11.6 Å². The maximum atomic E-state index is 8.83. The van der Waals surface area contributed by atoms with Gasteiger partial charge in [-0.2, -0.15) is 10.4 Å². The van der Waals surface area contributed by atoms with Gasteiger partial charge in [-0.3, -0.25) is 4.68 Å². The lowest BCUT2D eigenvalue weighted by atomic mass is 10.2. The largest absolute Gasteiger partial charge is 0.381 e. The molecular weight excluding hydrogens is 260 g/mol. The fourth-order valence-corrected chi connectivity index (χ4v) is 2.20. The summed E-state index contributed by atoms with van der Waals surface area (Å²) in [5.74, 6) is 0. The number of benzene rings is 1. The zero-order chi connectivity index (χ0) is 14.0. The minimum atomic E-state index is 0.465. The third-order valence-electron chi connectivity index (χ3n) is 3.22. The van der Waals surface area contributed by atoms with Gasteiger partial charge in [-0.05, 0) is 32.0 Å². The molecule has 1 aromatic heterocycles. The van der Waals surface area contributed by atoms with E-state index in [-0.39, 0.29) is 0 Å². The molecule has 1 aromatic carbocycles. The monoisotopic (exact) mass is 274 g/mol. The topological polar surface area (TPSA) is 53.6 Å². The standard InChI is InChI=1S/C14H15ClN4/c1-9-13(10(2)19(3)18-9)8-17-12-5-4-11(7-16)14(15)6-12/h4-6,17H,8H2,1-3H3. The summed E-state index contributed by atoms with van der Waals surface area (Å²) in [5, 5.41) is 17.0. The number of nitrogens with zero attached hydrogens (tertiary/aromatic N) is 3. The molecule has 0 saturated carbocycles. The Morgan fingerprint density at radius 3 is 2.68 bits per heavy atom. The predicted octanol–water partition coefficient (Wildman–Crippen LogP) is 3.17. The summed E-state index contributed by atoms with van der Waals surface area (Å²) in [6.07, 6.45) is 0.